The molecule has 1 aliphatic rings. The van der Waals surface area contributed by atoms with E-state index in [9.17, 15) is 4.79 Å². The third-order valence-corrected chi connectivity index (χ3v) is 3.48. The smallest absolute Gasteiger partial charge is 0.218 e. The van der Waals surface area contributed by atoms with E-state index in [2.05, 4.69) is 13.2 Å². The summed E-state index contributed by atoms with van der Waals surface area (Å²) >= 11 is 1.80. The molecule has 0 aliphatic heterocycles. The Bertz CT molecular complexity index is 223. The molecule has 1 unspecified atom stereocenters. The number of thioether (sulfide) groups is 1. The highest BCUT2D eigenvalue weighted by molar-refractivity contribution is 8.02. The molecule has 0 heterocycles. The highest BCUT2D eigenvalue weighted by Crippen LogP contribution is 2.38. The van der Waals surface area contributed by atoms with Gasteiger partial charge in [-0.05, 0) is 36.8 Å². The van der Waals surface area contributed by atoms with Gasteiger partial charge in [0.2, 0.25) is 5.91 Å². The van der Waals surface area contributed by atoms with Crippen molar-refractivity contribution in [1.29, 1.82) is 0 Å². The van der Waals surface area contributed by atoms with Gasteiger partial charge in [-0.2, -0.15) is 0 Å². The Morgan fingerprint density at radius 3 is 2.83 bits per heavy atom. The molecule has 0 bridgehead atoms. The SMILES string of the molecule is CSC1=C(C)C(CC(N)=O)CC1. The maximum atomic E-state index is 10.7. The van der Waals surface area contributed by atoms with E-state index in [0.29, 0.717) is 12.3 Å². The van der Waals surface area contributed by atoms with Gasteiger partial charge in [0.15, 0.2) is 0 Å². The van der Waals surface area contributed by atoms with Crippen LogP contribution in [-0.2, 0) is 4.79 Å². The van der Waals surface area contributed by atoms with Gasteiger partial charge in [-0.25, -0.2) is 0 Å². The zero-order chi connectivity index (χ0) is 9.14. The standard InChI is InChI=1S/C9H15NOS/c1-6-7(5-9(10)11)3-4-8(6)12-2/h7H,3-5H2,1-2H3,(H2,10,11). The molecule has 1 atom stereocenters. The number of hydrogen-bond acceptors (Lipinski definition) is 2. The van der Waals surface area contributed by atoms with Crippen LogP contribution in [-0.4, -0.2) is 12.2 Å². The van der Waals surface area contributed by atoms with E-state index in [-0.39, 0.29) is 5.91 Å². The summed E-state index contributed by atoms with van der Waals surface area (Å²) in [6, 6.07) is 0. The first kappa shape index (κ1) is 9.65. The molecule has 1 rings (SSSR count). The number of primary amides is 1. The number of allylic oxidation sites excluding steroid dienone is 2. The predicted octanol–water partition coefficient (Wildman–Crippen LogP) is 1.91. The van der Waals surface area contributed by atoms with Crippen LogP contribution in [0.15, 0.2) is 10.5 Å². The molecule has 2 N–H and O–H groups in total. The molecule has 68 valence electrons. The Balaban J connectivity index is 2.60. The largest absolute Gasteiger partial charge is 0.370 e. The normalized spacial score (nSPS) is 23.3. The van der Waals surface area contributed by atoms with E-state index < -0.39 is 0 Å². The van der Waals surface area contributed by atoms with Gasteiger partial charge >= 0.3 is 0 Å². The summed E-state index contributed by atoms with van der Waals surface area (Å²) < 4.78 is 0. The molecule has 1 aliphatic carbocycles. The molecule has 0 spiro atoms. The van der Waals surface area contributed by atoms with Crippen molar-refractivity contribution >= 4 is 17.7 Å². The summed E-state index contributed by atoms with van der Waals surface area (Å²) in [7, 11) is 0. The molecular formula is C9H15NOS. The fraction of sp³-hybridized carbons (Fsp3) is 0.667. The van der Waals surface area contributed by atoms with E-state index in [1.54, 1.807) is 11.8 Å². The second-order valence-electron chi connectivity index (χ2n) is 3.22. The average molecular weight is 185 g/mol. The van der Waals surface area contributed by atoms with Crippen molar-refractivity contribution in [2.45, 2.75) is 26.2 Å². The molecule has 0 radical (unpaired) electrons. The summed E-state index contributed by atoms with van der Waals surface area (Å²) in [5.74, 6) is 0.242. The molecule has 0 saturated carbocycles. The highest BCUT2D eigenvalue weighted by Gasteiger charge is 2.22. The molecule has 0 aromatic rings. The summed E-state index contributed by atoms with van der Waals surface area (Å²) in [5.41, 5.74) is 6.53. The van der Waals surface area contributed by atoms with Crippen LogP contribution in [0.5, 0.6) is 0 Å². The van der Waals surface area contributed by atoms with Gasteiger partial charge in [0.25, 0.3) is 0 Å². The van der Waals surface area contributed by atoms with Crippen molar-refractivity contribution in [3.05, 3.63) is 10.5 Å². The van der Waals surface area contributed by atoms with Crippen LogP contribution >= 0.6 is 11.8 Å². The minimum absolute atomic E-state index is 0.179. The molecular weight excluding hydrogens is 170 g/mol. The predicted molar refractivity (Wildman–Crippen MR) is 52.8 cm³/mol. The quantitative estimate of drug-likeness (QED) is 0.730. The number of carbonyl (C=O) groups is 1. The van der Waals surface area contributed by atoms with Crippen molar-refractivity contribution in [2.75, 3.05) is 6.26 Å². The topological polar surface area (TPSA) is 43.1 Å². The lowest BCUT2D eigenvalue weighted by Gasteiger charge is -2.08. The van der Waals surface area contributed by atoms with Crippen LogP contribution in [0.4, 0.5) is 0 Å². The van der Waals surface area contributed by atoms with Gasteiger partial charge in [-0.15, -0.1) is 11.8 Å². The van der Waals surface area contributed by atoms with Crippen molar-refractivity contribution in [3.63, 3.8) is 0 Å². The molecule has 0 aromatic heterocycles. The first-order valence-corrected chi connectivity index (χ1v) is 5.39. The molecule has 0 saturated heterocycles. The zero-order valence-corrected chi connectivity index (χ0v) is 8.41. The van der Waals surface area contributed by atoms with Crippen LogP contribution in [0.3, 0.4) is 0 Å². The molecule has 0 fully saturated rings. The lowest BCUT2D eigenvalue weighted by molar-refractivity contribution is -0.118. The Labute approximate surface area is 77.6 Å². The number of amides is 1. The van der Waals surface area contributed by atoms with Gasteiger partial charge in [0.1, 0.15) is 0 Å². The molecule has 12 heavy (non-hydrogen) atoms. The Kier molecular flexibility index (Phi) is 3.20. The summed E-state index contributed by atoms with van der Waals surface area (Å²) in [5, 5.41) is 0. The van der Waals surface area contributed by atoms with Crippen LogP contribution in [0, 0.1) is 5.92 Å². The monoisotopic (exact) mass is 185 g/mol. The van der Waals surface area contributed by atoms with Crippen molar-refractivity contribution in [3.8, 4) is 0 Å². The van der Waals surface area contributed by atoms with Crippen molar-refractivity contribution in [2.24, 2.45) is 11.7 Å². The van der Waals surface area contributed by atoms with Gasteiger partial charge in [-0.1, -0.05) is 5.57 Å². The van der Waals surface area contributed by atoms with Crippen molar-refractivity contribution in [1.82, 2.24) is 0 Å². The second kappa shape index (κ2) is 3.99. The number of rotatable bonds is 3. The van der Waals surface area contributed by atoms with Gasteiger partial charge in [0, 0.05) is 6.42 Å². The van der Waals surface area contributed by atoms with E-state index in [4.69, 9.17) is 5.73 Å². The fourth-order valence-electron chi connectivity index (χ4n) is 1.71. The summed E-state index contributed by atoms with van der Waals surface area (Å²) in [6.45, 7) is 2.12. The molecule has 1 amide bonds. The minimum atomic E-state index is -0.179. The summed E-state index contributed by atoms with van der Waals surface area (Å²) in [4.78, 5) is 12.1. The number of hydrogen-bond donors (Lipinski definition) is 1. The van der Waals surface area contributed by atoms with E-state index in [0.717, 1.165) is 12.8 Å². The van der Waals surface area contributed by atoms with Gasteiger partial charge in [-0.3, -0.25) is 4.79 Å². The molecule has 0 aromatic carbocycles. The number of nitrogens with two attached hydrogens (primary N) is 1. The second-order valence-corrected chi connectivity index (χ2v) is 4.12. The maximum Gasteiger partial charge on any atom is 0.218 e. The third kappa shape index (κ3) is 2.03. The number of carbonyl (C=O) groups excluding carboxylic acids is 1. The zero-order valence-electron chi connectivity index (χ0n) is 7.59. The summed E-state index contributed by atoms with van der Waals surface area (Å²) in [6.07, 6.45) is 4.84. The first-order valence-electron chi connectivity index (χ1n) is 4.17. The molecule has 2 nitrogen and oxygen atoms in total. The van der Waals surface area contributed by atoms with Crippen LogP contribution in [0.2, 0.25) is 0 Å². The Hall–Kier alpha value is -0.440. The van der Waals surface area contributed by atoms with E-state index in [1.807, 2.05) is 0 Å². The lowest BCUT2D eigenvalue weighted by atomic mass is 9.99. The Morgan fingerprint density at radius 2 is 2.42 bits per heavy atom. The highest BCUT2D eigenvalue weighted by atomic mass is 32.2. The Morgan fingerprint density at radius 1 is 1.75 bits per heavy atom. The minimum Gasteiger partial charge on any atom is -0.370 e. The fourth-order valence-corrected chi connectivity index (χ4v) is 2.52. The van der Waals surface area contributed by atoms with E-state index >= 15 is 0 Å². The first-order chi connectivity index (χ1) is 5.65. The average Bonchev–Trinajstić information content (AvgIpc) is 2.32. The van der Waals surface area contributed by atoms with Crippen LogP contribution in [0.25, 0.3) is 0 Å². The molecule has 3 heteroatoms. The van der Waals surface area contributed by atoms with Crippen LogP contribution in [0.1, 0.15) is 26.2 Å². The third-order valence-electron chi connectivity index (χ3n) is 2.47. The van der Waals surface area contributed by atoms with Crippen LogP contribution < -0.4 is 5.73 Å². The van der Waals surface area contributed by atoms with Gasteiger partial charge in [0.05, 0.1) is 0 Å². The maximum absolute atomic E-state index is 10.7. The van der Waals surface area contributed by atoms with Gasteiger partial charge < -0.3 is 5.73 Å². The van der Waals surface area contributed by atoms with Crippen molar-refractivity contribution < 1.29 is 4.79 Å². The lowest BCUT2D eigenvalue weighted by Crippen LogP contribution is -2.15. The van der Waals surface area contributed by atoms with E-state index in [1.165, 1.54) is 10.5 Å².